The second-order valence-electron chi connectivity index (χ2n) is 19.8. The van der Waals surface area contributed by atoms with Crippen LogP contribution in [-0.2, 0) is 41.5 Å². The lowest BCUT2D eigenvalue weighted by Crippen LogP contribution is -2.47. The minimum Gasteiger partial charge on any atom is -0.481 e. The average molecular weight is 985 g/mol. The van der Waals surface area contributed by atoms with Crippen LogP contribution >= 0.6 is 0 Å². The zero-order valence-corrected chi connectivity index (χ0v) is 40.0. The third-order valence-electron chi connectivity index (χ3n) is 11.2. The number of ether oxygens (including phenoxy) is 2. The maximum atomic E-state index is 14.3. The molecule has 6 N–H and O–H groups in total. The normalized spacial score (nSPS) is 18.6. The second-order valence-corrected chi connectivity index (χ2v) is 19.8. The maximum Gasteiger partial charge on any atom is 0.407 e. The van der Waals surface area contributed by atoms with Gasteiger partial charge in [-0.1, -0.05) is 0 Å². The van der Waals surface area contributed by atoms with Gasteiger partial charge in [0.1, 0.15) is 22.8 Å². The minimum absolute atomic E-state index is 0.00224. The number of benzene rings is 2. The lowest BCUT2D eigenvalue weighted by Gasteiger charge is -2.28. The molecular formula is C48H66F6N6O9. The molecule has 2 aliphatic carbocycles. The van der Waals surface area contributed by atoms with Gasteiger partial charge >= 0.3 is 18.2 Å². The van der Waals surface area contributed by atoms with Gasteiger partial charge in [0, 0.05) is 74.2 Å². The van der Waals surface area contributed by atoms with Crippen LogP contribution in [-0.4, -0.2) is 107 Å². The number of amides is 5. The third kappa shape index (κ3) is 20.5. The van der Waals surface area contributed by atoms with Gasteiger partial charge in [-0.15, -0.1) is 0 Å². The molecule has 2 aliphatic heterocycles. The quantitative estimate of drug-likeness (QED) is 0.0774. The Balaban J connectivity index is 0.000000253. The van der Waals surface area contributed by atoms with Crippen molar-refractivity contribution in [2.45, 2.75) is 154 Å². The average Bonchev–Trinajstić information content (AvgIpc) is 4.16. The molecule has 0 bridgehead atoms. The number of nitrogens with zero attached hydrogens (tertiary/aromatic N) is 1. The van der Waals surface area contributed by atoms with Crippen molar-refractivity contribution in [3.63, 3.8) is 0 Å². The minimum atomic E-state index is -1.35. The molecule has 2 aromatic carbocycles. The Morgan fingerprint density at radius 2 is 1.09 bits per heavy atom. The van der Waals surface area contributed by atoms with Crippen molar-refractivity contribution < 1.29 is 69.7 Å². The fraction of sp³-hybridized carbons (Fsp3) is 0.625. The number of rotatable bonds is 16. The first-order valence-electron chi connectivity index (χ1n) is 23.3. The lowest BCUT2D eigenvalue weighted by molar-refractivity contribution is -0.137. The van der Waals surface area contributed by atoms with Gasteiger partial charge in [-0.2, -0.15) is 0 Å². The lowest BCUT2D eigenvalue weighted by atomic mass is 10.0. The monoisotopic (exact) mass is 984 g/mol. The van der Waals surface area contributed by atoms with Gasteiger partial charge in [0.05, 0.1) is 6.42 Å². The second kappa shape index (κ2) is 25.3. The Hall–Kier alpha value is -5.60. The van der Waals surface area contributed by atoms with E-state index < -0.39 is 82.8 Å². The fourth-order valence-corrected chi connectivity index (χ4v) is 7.54. The molecule has 69 heavy (non-hydrogen) atoms. The van der Waals surface area contributed by atoms with E-state index in [-0.39, 0.29) is 60.1 Å². The summed E-state index contributed by atoms with van der Waals surface area (Å²) in [5.41, 5.74) is -2.01. The first-order chi connectivity index (χ1) is 32.3. The molecule has 384 valence electrons. The molecule has 21 heteroatoms. The molecule has 0 aromatic heterocycles. The number of carboxylic acids is 1. The zero-order valence-electron chi connectivity index (χ0n) is 40.0. The first kappa shape index (κ1) is 56.0. The van der Waals surface area contributed by atoms with Crippen LogP contribution in [0.15, 0.2) is 24.3 Å². The molecule has 2 saturated carbocycles. The van der Waals surface area contributed by atoms with E-state index in [1.54, 1.807) is 46.4 Å². The molecule has 15 nitrogen and oxygen atoms in total. The van der Waals surface area contributed by atoms with E-state index in [9.17, 15) is 55.1 Å². The van der Waals surface area contributed by atoms with Crippen molar-refractivity contribution in [1.29, 1.82) is 0 Å². The first-order valence-corrected chi connectivity index (χ1v) is 23.3. The summed E-state index contributed by atoms with van der Waals surface area (Å²) in [6.07, 6.45) is 4.99. The molecule has 4 fully saturated rings. The predicted molar refractivity (Wildman–Crippen MR) is 240 cm³/mol. The van der Waals surface area contributed by atoms with Crippen LogP contribution in [0, 0.1) is 46.7 Å². The molecule has 2 saturated heterocycles. The highest BCUT2D eigenvalue weighted by Gasteiger charge is 2.35. The molecule has 2 aromatic rings. The summed E-state index contributed by atoms with van der Waals surface area (Å²) < 4.78 is 91.3. The molecule has 0 unspecified atom stereocenters. The molecule has 0 spiro atoms. The number of halogens is 6. The molecule has 2 heterocycles. The molecule has 0 radical (unpaired) electrons. The van der Waals surface area contributed by atoms with Gasteiger partial charge in [0.25, 0.3) is 0 Å². The molecule has 4 aliphatic rings. The fourth-order valence-electron chi connectivity index (χ4n) is 7.54. The van der Waals surface area contributed by atoms with Crippen LogP contribution in [0.2, 0.25) is 0 Å². The highest BCUT2D eigenvalue weighted by Crippen LogP contribution is 2.30. The van der Waals surface area contributed by atoms with Crippen molar-refractivity contribution >= 4 is 35.9 Å². The van der Waals surface area contributed by atoms with E-state index in [1.165, 1.54) is 12.8 Å². The van der Waals surface area contributed by atoms with Gasteiger partial charge in [0.15, 0.2) is 23.3 Å². The van der Waals surface area contributed by atoms with Gasteiger partial charge in [-0.3, -0.25) is 19.2 Å². The Bertz CT molecular complexity index is 2120. The van der Waals surface area contributed by atoms with Crippen molar-refractivity contribution in [3.8, 4) is 0 Å². The van der Waals surface area contributed by atoms with Crippen LogP contribution in [0.5, 0.6) is 0 Å². The third-order valence-corrected chi connectivity index (χ3v) is 11.2. The van der Waals surface area contributed by atoms with Gasteiger partial charge < -0.3 is 46.1 Å². The number of alkyl carbamates (subject to hydrolysis) is 2. The van der Waals surface area contributed by atoms with E-state index in [4.69, 9.17) is 14.6 Å². The molecular weight excluding hydrogens is 919 g/mol. The highest BCUT2D eigenvalue weighted by molar-refractivity contribution is 5.82. The highest BCUT2D eigenvalue weighted by atomic mass is 19.2. The van der Waals surface area contributed by atoms with E-state index in [0.717, 1.165) is 57.7 Å². The van der Waals surface area contributed by atoms with E-state index in [1.807, 2.05) is 0 Å². The van der Waals surface area contributed by atoms with Crippen LogP contribution < -0.4 is 26.6 Å². The Kier molecular flexibility index (Phi) is 20.5. The number of aliphatic carboxylic acids is 1. The summed E-state index contributed by atoms with van der Waals surface area (Å²) >= 11 is 0. The van der Waals surface area contributed by atoms with Crippen molar-refractivity contribution in [3.05, 3.63) is 70.3 Å². The molecule has 6 rings (SSSR count). The van der Waals surface area contributed by atoms with Crippen molar-refractivity contribution in [2.75, 3.05) is 26.2 Å². The smallest absolute Gasteiger partial charge is 0.407 e. The predicted octanol–water partition coefficient (Wildman–Crippen LogP) is 6.73. The number of likely N-dealkylation sites (tertiary alicyclic amines) is 1. The SMILES string of the molecule is CC(C)(C)OC(=O)N[C@@H](CC(=O)N1CCC[C@H]1CNC(=O)C1CC1)Cc1cc(F)c(F)cc1F.CC(C)(C)OC(=O)N[C@@H](CC(=O)O)Cc1cc(F)c(F)cc1F.O=C(NC[C@@H]1CCCN1)C1CC1. The Morgan fingerprint density at radius 3 is 1.51 bits per heavy atom. The van der Waals surface area contributed by atoms with Gasteiger partial charge in [0.2, 0.25) is 17.7 Å². The number of nitrogens with one attached hydrogen (secondary N) is 5. The van der Waals surface area contributed by atoms with Crippen LogP contribution in [0.25, 0.3) is 0 Å². The maximum absolute atomic E-state index is 14.3. The van der Waals surface area contributed by atoms with Gasteiger partial charge in [-0.25, -0.2) is 35.9 Å². The van der Waals surface area contributed by atoms with E-state index in [2.05, 4.69) is 26.6 Å². The van der Waals surface area contributed by atoms with Crippen molar-refractivity contribution in [2.24, 2.45) is 11.8 Å². The molecule has 5 amide bonds. The summed E-state index contributed by atoms with van der Waals surface area (Å²) in [4.78, 5) is 72.8. The zero-order chi connectivity index (χ0) is 51.2. The summed E-state index contributed by atoms with van der Waals surface area (Å²) in [6.45, 7) is 12.7. The standard InChI is InChI=1S/C24H32F3N3O4.C15H18F3NO4.C9H16N2O/c1-24(2,3)34-23(33)29-16(9-15-10-19(26)20(27)12-18(15)25)11-21(31)30-8-4-5-17(30)13-28-22(32)14-6-7-14;1-15(2,3)23-14(22)19-9(6-13(20)21)4-8-5-11(17)12(18)7-10(8)16;12-9(7-3-4-7)11-6-8-2-1-5-10-8/h10,12,14,16-17H,4-9,11,13H2,1-3H3,(H,28,32)(H,29,33);5,7,9H,4,6H2,1-3H3,(H,19,22)(H,20,21);7-8,10H,1-6H2,(H,11,12)/t16-,17+;9-;8-/m110/s1. The van der Waals surface area contributed by atoms with Crippen LogP contribution in [0.3, 0.4) is 0 Å². The van der Waals surface area contributed by atoms with E-state index in [0.29, 0.717) is 43.2 Å². The summed E-state index contributed by atoms with van der Waals surface area (Å²) in [5, 5.41) is 22.9. The largest absolute Gasteiger partial charge is 0.481 e. The van der Waals surface area contributed by atoms with Crippen molar-refractivity contribution in [1.82, 2.24) is 31.5 Å². The van der Waals surface area contributed by atoms with E-state index >= 15 is 0 Å². The number of carboxylic acid groups (broad SMARTS) is 1. The summed E-state index contributed by atoms with van der Waals surface area (Å²) in [5.74, 6) is -7.97. The number of hydrogen-bond acceptors (Lipinski definition) is 9. The Morgan fingerprint density at radius 1 is 0.638 bits per heavy atom. The summed E-state index contributed by atoms with van der Waals surface area (Å²) in [7, 11) is 0. The van der Waals surface area contributed by atoms with Crippen LogP contribution in [0.4, 0.5) is 35.9 Å². The number of carbonyl (C=O) groups is 6. The number of hydrogen-bond donors (Lipinski definition) is 6. The Labute approximate surface area is 398 Å². The number of carbonyl (C=O) groups excluding carboxylic acids is 5. The molecule has 4 atom stereocenters. The summed E-state index contributed by atoms with van der Waals surface area (Å²) in [6, 6.07) is 0.587. The van der Waals surface area contributed by atoms with Crippen LogP contribution in [0.1, 0.15) is 117 Å². The topological polar surface area (TPSA) is 204 Å². The van der Waals surface area contributed by atoms with Gasteiger partial charge in [-0.05, 0) is 136 Å².